The molecule has 2 saturated carbocycles. The number of esters is 1. The Bertz CT molecular complexity index is 777. The second-order valence-corrected chi connectivity index (χ2v) is 8.37. The number of carboxylic acids is 1. The van der Waals surface area contributed by atoms with Crippen molar-refractivity contribution in [2.45, 2.75) is 71.5 Å². The molecule has 0 aromatic carbocycles. The number of aliphatic hydroxyl groups is 1. The molecule has 2 rings (SSSR count). The van der Waals surface area contributed by atoms with Crippen LogP contribution in [0, 0.1) is 47.4 Å². The van der Waals surface area contributed by atoms with Crippen LogP contribution in [-0.4, -0.2) is 47.6 Å². The summed E-state index contributed by atoms with van der Waals surface area (Å²) in [5.41, 5.74) is 1.23. The zero-order chi connectivity index (χ0) is 22.8. The van der Waals surface area contributed by atoms with Crippen LogP contribution in [-0.2, 0) is 19.1 Å². The molecular formula is C25H34O6. The van der Waals surface area contributed by atoms with Crippen molar-refractivity contribution >= 4 is 11.9 Å². The molecule has 0 radical (unpaired) electrons. The van der Waals surface area contributed by atoms with E-state index < -0.39 is 18.2 Å². The third-order valence-corrected chi connectivity index (χ3v) is 5.95. The average molecular weight is 431 g/mol. The summed E-state index contributed by atoms with van der Waals surface area (Å²) < 4.78 is 10.7. The molecule has 2 aliphatic carbocycles. The van der Waals surface area contributed by atoms with Gasteiger partial charge in [0.25, 0.3) is 0 Å². The molecule has 6 nitrogen and oxygen atoms in total. The van der Waals surface area contributed by atoms with E-state index in [2.05, 4.69) is 23.7 Å². The SMILES string of the molecule is CCC#CC[C@H](C)[C@@H](C#C[C@@H]1[C@H]2CC(=CCOCC(=O)O)C[C@H]2C[C@H]1O)OC(=O)CC. The highest BCUT2D eigenvalue weighted by Crippen LogP contribution is 2.49. The highest BCUT2D eigenvalue weighted by Gasteiger charge is 2.45. The van der Waals surface area contributed by atoms with Crippen LogP contribution in [0.1, 0.15) is 59.3 Å². The van der Waals surface area contributed by atoms with E-state index in [1.165, 1.54) is 5.57 Å². The van der Waals surface area contributed by atoms with Crippen LogP contribution in [0.25, 0.3) is 0 Å². The van der Waals surface area contributed by atoms with Crippen LogP contribution in [0.4, 0.5) is 0 Å². The van der Waals surface area contributed by atoms with Gasteiger partial charge >= 0.3 is 11.9 Å². The van der Waals surface area contributed by atoms with Crippen molar-refractivity contribution in [3.05, 3.63) is 11.6 Å². The second-order valence-electron chi connectivity index (χ2n) is 8.37. The minimum absolute atomic E-state index is 0.0122. The number of aliphatic carboxylic acids is 1. The van der Waals surface area contributed by atoms with Crippen molar-refractivity contribution in [1.29, 1.82) is 0 Å². The molecule has 6 atom stereocenters. The van der Waals surface area contributed by atoms with Gasteiger partial charge in [-0.25, -0.2) is 4.79 Å². The molecular weight excluding hydrogens is 396 g/mol. The second kappa shape index (κ2) is 12.5. The predicted octanol–water partition coefficient (Wildman–Crippen LogP) is 3.19. The van der Waals surface area contributed by atoms with E-state index in [1.807, 2.05) is 19.9 Å². The minimum atomic E-state index is -0.978. The van der Waals surface area contributed by atoms with Gasteiger partial charge in [-0.2, -0.15) is 0 Å². The molecule has 31 heavy (non-hydrogen) atoms. The Kier molecular flexibility index (Phi) is 10.1. The molecule has 2 fully saturated rings. The van der Waals surface area contributed by atoms with Crippen LogP contribution in [0.2, 0.25) is 0 Å². The maximum absolute atomic E-state index is 11.9. The van der Waals surface area contributed by atoms with Crippen molar-refractivity contribution in [3.8, 4) is 23.7 Å². The maximum atomic E-state index is 11.9. The van der Waals surface area contributed by atoms with Crippen molar-refractivity contribution < 1.29 is 29.3 Å². The number of aliphatic hydroxyl groups excluding tert-OH is 1. The summed E-state index contributed by atoms with van der Waals surface area (Å²) in [6.45, 7) is 5.71. The monoisotopic (exact) mass is 430 g/mol. The number of hydrogen-bond acceptors (Lipinski definition) is 5. The summed E-state index contributed by atoms with van der Waals surface area (Å²) in [4.78, 5) is 22.4. The minimum Gasteiger partial charge on any atom is -0.480 e. The number of rotatable bonds is 8. The van der Waals surface area contributed by atoms with Crippen LogP contribution in [0.3, 0.4) is 0 Å². The summed E-state index contributed by atoms with van der Waals surface area (Å²) in [5.74, 6) is 11.7. The lowest BCUT2D eigenvalue weighted by molar-refractivity contribution is -0.148. The molecule has 2 aliphatic rings. The Hall–Kier alpha value is -2.28. The van der Waals surface area contributed by atoms with Crippen molar-refractivity contribution in [2.24, 2.45) is 23.7 Å². The lowest BCUT2D eigenvalue weighted by Crippen LogP contribution is -2.24. The molecule has 0 unspecified atom stereocenters. The van der Waals surface area contributed by atoms with Crippen molar-refractivity contribution in [3.63, 3.8) is 0 Å². The Balaban J connectivity index is 2.05. The van der Waals surface area contributed by atoms with Gasteiger partial charge in [-0.15, -0.1) is 11.8 Å². The quantitative estimate of drug-likeness (QED) is 0.266. The summed E-state index contributed by atoms with van der Waals surface area (Å²) in [6, 6.07) is 0. The van der Waals surface area contributed by atoms with Gasteiger partial charge in [-0.05, 0) is 31.1 Å². The van der Waals surface area contributed by atoms with Crippen LogP contribution < -0.4 is 0 Å². The van der Waals surface area contributed by atoms with Gasteiger partial charge in [0.1, 0.15) is 6.61 Å². The highest BCUT2D eigenvalue weighted by atomic mass is 16.5. The van der Waals surface area contributed by atoms with E-state index in [4.69, 9.17) is 14.6 Å². The standard InChI is InChI=1S/C25H34O6/c1-4-6-7-8-17(3)23(31-25(29)5-2)10-9-20-21-14-18(11-12-30-16-24(27)28)13-19(21)15-22(20)26/h11,17,19-23,26H,4-5,8,12-16H2,1-3H3,(H,27,28)/t17-,19-,20+,21-,22+,23+/m0/s1. The van der Waals surface area contributed by atoms with E-state index in [1.54, 1.807) is 6.92 Å². The Morgan fingerprint density at radius 2 is 2.03 bits per heavy atom. The Morgan fingerprint density at radius 1 is 1.26 bits per heavy atom. The molecule has 6 heteroatoms. The average Bonchev–Trinajstić information content (AvgIpc) is 3.24. The van der Waals surface area contributed by atoms with Crippen LogP contribution in [0.5, 0.6) is 0 Å². The first-order valence-electron chi connectivity index (χ1n) is 11.2. The maximum Gasteiger partial charge on any atom is 0.329 e. The molecule has 0 heterocycles. The number of fused-ring (bicyclic) bond motifs is 1. The number of allylic oxidation sites excluding steroid dienone is 1. The lowest BCUT2D eigenvalue weighted by Gasteiger charge is -2.19. The summed E-state index contributed by atoms with van der Waals surface area (Å²) in [6.07, 6.45) is 5.03. The zero-order valence-corrected chi connectivity index (χ0v) is 18.7. The summed E-state index contributed by atoms with van der Waals surface area (Å²) >= 11 is 0. The number of carbonyl (C=O) groups excluding carboxylic acids is 1. The van der Waals surface area contributed by atoms with E-state index in [0.29, 0.717) is 25.2 Å². The first-order valence-corrected chi connectivity index (χ1v) is 11.2. The molecule has 0 saturated heterocycles. The van der Waals surface area contributed by atoms with Gasteiger partial charge in [-0.1, -0.05) is 44.3 Å². The highest BCUT2D eigenvalue weighted by molar-refractivity contribution is 5.69. The fraction of sp³-hybridized carbons (Fsp3) is 0.680. The number of carboxylic acid groups (broad SMARTS) is 1. The fourth-order valence-electron chi connectivity index (χ4n) is 4.31. The van der Waals surface area contributed by atoms with Gasteiger partial charge < -0.3 is 19.7 Å². The van der Waals surface area contributed by atoms with Crippen molar-refractivity contribution in [2.75, 3.05) is 13.2 Å². The molecule has 2 N–H and O–H groups in total. The van der Waals surface area contributed by atoms with Gasteiger partial charge in [0.2, 0.25) is 0 Å². The van der Waals surface area contributed by atoms with Gasteiger partial charge in [0.15, 0.2) is 6.10 Å². The number of carbonyl (C=O) groups is 2. The predicted molar refractivity (Wildman–Crippen MR) is 117 cm³/mol. The lowest BCUT2D eigenvalue weighted by atomic mass is 9.90. The van der Waals surface area contributed by atoms with Crippen molar-refractivity contribution in [1.82, 2.24) is 0 Å². The third kappa shape index (κ3) is 7.73. The van der Waals surface area contributed by atoms with E-state index in [-0.39, 0.29) is 36.9 Å². The smallest absolute Gasteiger partial charge is 0.329 e. The Morgan fingerprint density at radius 3 is 2.71 bits per heavy atom. The topological polar surface area (TPSA) is 93.1 Å². The molecule has 170 valence electrons. The molecule has 0 aliphatic heterocycles. The first kappa shape index (κ1) is 25.0. The molecule has 0 spiro atoms. The van der Waals surface area contributed by atoms with Gasteiger partial charge in [0, 0.05) is 31.1 Å². The Labute approximate surface area is 185 Å². The number of hydrogen-bond donors (Lipinski definition) is 2. The first-order chi connectivity index (χ1) is 14.8. The van der Waals surface area contributed by atoms with E-state index >= 15 is 0 Å². The van der Waals surface area contributed by atoms with Gasteiger partial charge in [-0.3, -0.25) is 4.79 Å². The zero-order valence-electron chi connectivity index (χ0n) is 18.7. The normalized spacial score (nSPS) is 27.4. The molecule has 0 aromatic heterocycles. The summed E-state index contributed by atoms with van der Waals surface area (Å²) in [7, 11) is 0. The summed E-state index contributed by atoms with van der Waals surface area (Å²) in [5, 5.41) is 19.2. The number of ether oxygens (including phenoxy) is 2. The van der Waals surface area contributed by atoms with Gasteiger partial charge in [0.05, 0.1) is 12.7 Å². The fourth-order valence-corrected chi connectivity index (χ4v) is 4.31. The molecule has 0 bridgehead atoms. The largest absolute Gasteiger partial charge is 0.480 e. The third-order valence-electron chi connectivity index (χ3n) is 5.95. The molecule has 0 aromatic rings. The van der Waals surface area contributed by atoms with E-state index in [9.17, 15) is 14.7 Å². The van der Waals surface area contributed by atoms with E-state index in [0.717, 1.165) is 19.3 Å². The molecule has 0 amide bonds. The van der Waals surface area contributed by atoms with Crippen LogP contribution >= 0.6 is 0 Å². The van der Waals surface area contributed by atoms with Crippen LogP contribution in [0.15, 0.2) is 11.6 Å².